The Morgan fingerprint density at radius 3 is 2.80 bits per heavy atom. The Hall–Kier alpha value is -3.40. The molecule has 0 saturated carbocycles. The number of carbonyl (C=O) groups excluding carboxylic acids is 1. The number of likely N-dealkylation sites (tertiary alicyclic amines) is 1. The molecule has 9 nitrogen and oxygen atoms in total. The predicted molar refractivity (Wildman–Crippen MR) is 111 cm³/mol. The number of nitrogens with zero attached hydrogens (tertiary/aromatic N) is 4. The summed E-state index contributed by atoms with van der Waals surface area (Å²) in [5.74, 6) is 1.66. The van der Waals surface area contributed by atoms with E-state index in [2.05, 4.69) is 20.4 Å². The minimum Gasteiger partial charge on any atom is -0.463 e. The van der Waals surface area contributed by atoms with Crippen molar-refractivity contribution in [3.05, 3.63) is 64.0 Å². The maximum absolute atomic E-state index is 12.8. The average Bonchev–Trinajstić information content (AvgIpc) is 3.54. The minimum absolute atomic E-state index is 0.0854. The van der Waals surface area contributed by atoms with Crippen LogP contribution in [0.25, 0.3) is 16.5 Å². The molecule has 1 amide bonds. The van der Waals surface area contributed by atoms with Crippen molar-refractivity contribution < 1.29 is 9.21 Å². The van der Waals surface area contributed by atoms with Gasteiger partial charge in [-0.2, -0.15) is 10.2 Å². The molecular weight excluding hydrogens is 404 g/mol. The van der Waals surface area contributed by atoms with Gasteiger partial charge in [0, 0.05) is 25.6 Å². The molecule has 0 bridgehead atoms. The topological polar surface area (TPSA) is 113 Å². The molecule has 5 heterocycles. The molecule has 10 heteroatoms. The average molecular weight is 424 g/mol. The Morgan fingerprint density at radius 2 is 2.07 bits per heavy atom. The third-order valence-electron chi connectivity index (χ3n) is 5.42. The van der Waals surface area contributed by atoms with Crippen molar-refractivity contribution in [2.75, 3.05) is 13.1 Å². The first-order valence-corrected chi connectivity index (χ1v) is 10.7. The lowest BCUT2D eigenvalue weighted by Crippen LogP contribution is -2.39. The van der Waals surface area contributed by atoms with Crippen LogP contribution in [0.4, 0.5) is 0 Å². The molecule has 154 valence electrons. The van der Waals surface area contributed by atoms with Gasteiger partial charge in [-0.05, 0) is 48.4 Å². The van der Waals surface area contributed by atoms with Crippen LogP contribution in [-0.4, -0.2) is 48.9 Å². The Morgan fingerprint density at radius 1 is 1.20 bits per heavy atom. The van der Waals surface area contributed by atoms with E-state index in [0.717, 1.165) is 23.7 Å². The Labute approximate surface area is 175 Å². The lowest BCUT2D eigenvalue weighted by molar-refractivity contribution is 0.0683. The number of amides is 1. The fraction of sp³-hybridized carbons (Fsp3) is 0.300. The summed E-state index contributed by atoms with van der Waals surface area (Å²) in [6.45, 7) is 1.31. The van der Waals surface area contributed by atoms with Crippen LogP contribution in [0, 0.1) is 5.92 Å². The lowest BCUT2D eigenvalue weighted by Gasteiger charge is -2.31. The van der Waals surface area contributed by atoms with E-state index in [4.69, 9.17) is 4.42 Å². The highest BCUT2D eigenvalue weighted by Gasteiger charge is 2.27. The number of H-pyrrole nitrogens is 2. The number of nitrogens with one attached hydrogen (secondary N) is 2. The van der Waals surface area contributed by atoms with E-state index in [0.29, 0.717) is 42.6 Å². The molecule has 30 heavy (non-hydrogen) atoms. The lowest BCUT2D eigenvalue weighted by atomic mass is 9.93. The molecule has 0 atom stereocenters. The molecule has 0 aliphatic carbocycles. The van der Waals surface area contributed by atoms with Gasteiger partial charge in [-0.1, -0.05) is 0 Å². The molecule has 1 fully saturated rings. The zero-order chi connectivity index (χ0) is 20.5. The Kier molecular flexibility index (Phi) is 4.83. The van der Waals surface area contributed by atoms with E-state index in [9.17, 15) is 9.59 Å². The normalized spacial score (nSPS) is 15.0. The molecule has 4 aromatic rings. The fourth-order valence-corrected chi connectivity index (χ4v) is 4.59. The van der Waals surface area contributed by atoms with Gasteiger partial charge in [-0.25, -0.2) is 14.5 Å². The van der Waals surface area contributed by atoms with Crippen molar-refractivity contribution in [3.63, 3.8) is 0 Å². The number of hydrogen-bond donors (Lipinski definition) is 2. The summed E-state index contributed by atoms with van der Waals surface area (Å²) in [5, 5.41) is 16.6. The van der Waals surface area contributed by atoms with Crippen LogP contribution in [0.5, 0.6) is 0 Å². The molecule has 1 aliphatic heterocycles. The quantitative estimate of drug-likeness (QED) is 0.511. The molecule has 0 radical (unpaired) electrons. The van der Waals surface area contributed by atoms with Gasteiger partial charge >= 0.3 is 5.69 Å². The largest absolute Gasteiger partial charge is 0.463 e. The van der Waals surface area contributed by atoms with E-state index in [1.54, 1.807) is 23.0 Å². The molecule has 4 aromatic heterocycles. The summed E-state index contributed by atoms with van der Waals surface area (Å²) in [7, 11) is 0. The van der Waals surface area contributed by atoms with Gasteiger partial charge in [0.25, 0.3) is 5.91 Å². The van der Waals surface area contributed by atoms with E-state index in [1.807, 2.05) is 28.5 Å². The number of hydrogen-bond acceptors (Lipinski definition) is 6. The van der Waals surface area contributed by atoms with Crippen LogP contribution in [0.1, 0.15) is 29.2 Å². The van der Waals surface area contributed by atoms with Crippen molar-refractivity contribution in [1.82, 2.24) is 29.9 Å². The summed E-state index contributed by atoms with van der Waals surface area (Å²) in [5.41, 5.74) is 0.855. The second-order valence-corrected chi connectivity index (χ2v) is 8.24. The maximum Gasteiger partial charge on any atom is 0.348 e. The smallest absolute Gasteiger partial charge is 0.348 e. The van der Waals surface area contributed by atoms with Gasteiger partial charge < -0.3 is 9.32 Å². The Balaban J connectivity index is 1.22. The first-order chi connectivity index (χ1) is 14.7. The summed E-state index contributed by atoms with van der Waals surface area (Å²) < 4.78 is 6.98. The highest BCUT2D eigenvalue weighted by Crippen LogP contribution is 2.24. The van der Waals surface area contributed by atoms with Gasteiger partial charge in [-0.15, -0.1) is 11.3 Å². The van der Waals surface area contributed by atoms with Crippen LogP contribution >= 0.6 is 11.3 Å². The summed E-state index contributed by atoms with van der Waals surface area (Å²) in [6, 6.07) is 9.15. The SMILES string of the molecule is O=C(c1cc(-c2ccco2)[nH]n1)N1CCC(Cc2n[nH]c(=O)n2-c2cccs2)CC1. The predicted octanol–water partition coefficient (Wildman–Crippen LogP) is 2.70. The minimum atomic E-state index is -0.217. The molecule has 1 aliphatic rings. The molecule has 0 aromatic carbocycles. The van der Waals surface area contributed by atoms with Gasteiger partial charge in [0.15, 0.2) is 11.5 Å². The third kappa shape index (κ3) is 3.50. The van der Waals surface area contributed by atoms with Gasteiger partial charge in [-0.3, -0.25) is 9.89 Å². The van der Waals surface area contributed by atoms with E-state index in [1.165, 1.54) is 11.3 Å². The monoisotopic (exact) mass is 424 g/mol. The second kappa shape index (κ2) is 7.79. The summed E-state index contributed by atoms with van der Waals surface area (Å²) >= 11 is 1.51. The molecule has 2 N–H and O–H groups in total. The van der Waals surface area contributed by atoms with E-state index >= 15 is 0 Å². The zero-order valence-electron chi connectivity index (χ0n) is 16.1. The van der Waals surface area contributed by atoms with E-state index in [-0.39, 0.29) is 11.6 Å². The summed E-state index contributed by atoms with van der Waals surface area (Å²) in [4.78, 5) is 26.8. The van der Waals surface area contributed by atoms with Crippen LogP contribution in [-0.2, 0) is 6.42 Å². The highest BCUT2D eigenvalue weighted by atomic mass is 32.1. The first-order valence-electron chi connectivity index (χ1n) is 9.78. The number of thiophene rings is 1. The van der Waals surface area contributed by atoms with Crippen LogP contribution < -0.4 is 5.69 Å². The van der Waals surface area contributed by atoms with Gasteiger partial charge in [0.2, 0.25) is 0 Å². The van der Waals surface area contributed by atoms with Gasteiger partial charge in [0.05, 0.1) is 6.26 Å². The molecule has 5 rings (SSSR count). The number of furan rings is 1. The van der Waals surface area contributed by atoms with Crippen molar-refractivity contribution in [2.45, 2.75) is 19.3 Å². The van der Waals surface area contributed by atoms with Crippen molar-refractivity contribution in [3.8, 4) is 16.5 Å². The number of piperidine rings is 1. The molecule has 0 unspecified atom stereocenters. The molecule has 1 saturated heterocycles. The molecular formula is C20H20N6O3S. The van der Waals surface area contributed by atoms with Crippen molar-refractivity contribution in [2.24, 2.45) is 5.92 Å². The maximum atomic E-state index is 12.8. The van der Waals surface area contributed by atoms with Gasteiger partial charge in [0.1, 0.15) is 16.5 Å². The zero-order valence-corrected chi connectivity index (χ0v) is 16.9. The first kappa shape index (κ1) is 18.6. The van der Waals surface area contributed by atoms with Crippen molar-refractivity contribution >= 4 is 17.2 Å². The number of aromatic amines is 2. The van der Waals surface area contributed by atoms with E-state index < -0.39 is 0 Å². The number of rotatable bonds is 5. The number of carbonyl (C=O) groups is 1. The van der Waals surface area contributed by atoms with Crippen LogP contribution in [0.15, 0.2) is 51.2 Å². The fourth-order valence-electron chi connectivity index (χ4n) is 3.84. The molecule has 0 spiro atoms. The number of aromatic nitrogens is 5. The van der Waals surface area contributed by atoms with Crippen molar-refractivity contribution in [1.29, 1.82) is 0 Å². The van der Waals surface area contributed by atoms with Crippen LogP contribution in [0.3, 0.4) is 0 Å². The highest BCUT2D eigenvalue weighted by molar-refractivity contribution is 7.12. The standard InChI is InChI=1S/C20H20N6O3S/c27-19(15-12-14(21-22-15)16-3-1-9-29-16)25-7-5-13(6-8-25)11-17-23-24-20(28)26(17)18-4-2-10-30-18/h1-4,9-10,12-13H,5-8,11H2,(H,21,22)(H,24,28). The summed E-state index contributed by atoms with van der Waals surface area (Å²) in [6.07, 6.45) is 3.99. The van der Waals surface area contributed by atoms with Crippen LogP contribution in [0.2, 0.25) is 0 Å². The Bertz CT molecular complexity index is 1180. The third-order valence-corrected chi connectivity index (χ3v) is 6.28. The second-order valence-electron chi connectivity index (χ2n) is 7.32.